The molecule has 3 atom stereocenters. The van der Waals surface area contributed by atoms with Crippen LogP contribution in [0.4, 0.5) is 0 Å². The number of nitrogens with one attached hydrogen (secondary N) is 1. The maximum Gasteiger partial charge on any atom is 0.118 e. The average Bonchev–Trinajstić information content (AvgIpc) is 2.67. The van der Waals surface area contributed by atoms with Crippen LogP contribution in [0, 0.1) is 0 Å². The molecule has 3 rings (SSSR count). The maximum atomic E-state index is 10.6. The summed E-state index contributed by atoms with van der Waals surface area (Å²) in [6.07, 6.45) is 5.13. The van der Waals surface area contributed by atoms with Crippen LogP contribution in [0.1, 0.15) is 42.9 Å². The Bertz CT molecular complexity index is 611. The van der Waals surface area contributed by atoms with Crippen molar-refractivity contribution in [3.05, 3.63) is 65.7 Å². The summed E-state index contributed by atoms with van der Waals surface area (Å²) in [6.45, 7) is 0. The zero-order chi connectivity index (χ0) is 16.8. The number of methoxy groups -OCH3 is 1. The Labute approximate surface area is 144 Å². The Balaban J connectivity index is 1.53. The van der Waals surface area contributed by atoms with E-state index in [0.717, 1.165) is 30.6 Å². The van der Waals surface area contributed by atoms with E-state index in [-0.39, 0.29) is 6.04 Å². The van der Waals surface area contributed by atoms with Gasteiger partial charge in [0.15, 0.2) is 0 Å². The lowest BCUT2D eigenvalue weighted by Crippen LogP contribution is -2.45. The van der Waals surface area contributed by atoms with Gasteiger partial charge in [-0.05, 0) is 48.9 Å². The van der Waals surface area contributed by atoms with E-state index in [1.165, 1.54) is 18.4 Å². The predicted octanol–water partition coefficient (Wildman–Crippen LogP) is 3.87. The number of aliphatic hydroxyl groups excluding tert-OH is 1. The van der Waals surface area contributed by atoms with Gasteiger partial charge in [0.2, 0.25) is 0 Å². The molecule has 1 aliphatic rings. The molecule has 0 bridgehead atoms. The second kappa shape index (κ2) is 8.32. The molecule has 128 valence electrons. The van der Waals surface area contributed by atoms with Crippen molar-refractivity contribution in [1.29, 1.82) is 0 Å². The van der Waals surface area contributed by atoms with Crippen molar-refractivity contribution in [1.82, 2.24) is 5.32 Å². The van der Waals surface area contributed by atoms with E-state index in [1.807, 2.05) is 42.5 Å². The van der Waals surface area contributed by atoms with Crippen LogP contribution in [0.2, 0.25) is 0 Å². The lowest BCUT2D eigenvalue weighted by atomic mass is 9.89. The second-order valence-corrected chi connectivity index (χ2v) is 6.64. The Hall–Kier alpha value is -1.84. The Morgan fingerprint density at radius 2 is 1.83 bits per heavy atom. The smallest absolute Gasteiger partial charge is 0.118 e. The zero-order valence-electron chi connectivity index (χ0n) is 14.3. The van der Waals surface area contributed by atoms with Gasteiger partial charge in [0.25, 0.3) is 0 Å². The van der Waals surface area contributed by atoms with E-state index in [1.54, 1.807) is 7.11 Å². The molecule has 1 aliphatic heterocycles. The summed E-state index contributed by atoms with van der Waals surface area (Å²) in [5.74, 6) is 0.903. The molecule has 1 heterocycles. The molecule has 3 nitrogen and oxygen atoms in total. The van der Waals surface area contributed by atoms with Crippen LogP contribution in [-0.4, -0.2) is 24.3 Å². The van der Waals surface area contributed by atoms with Crippen molar-refractivity contribution in [2.24, 2.45) is 0 Å². The van der Waals surface area contributed by atoms with Gasteiger partial charge in [0, 0.05) is 12.1 Å². The molecule has 0 saturated carbocycles. The van der Waals surface area contributed by atoms with E-state index in [4.69, 9.17) is 4.74 Å². The summed E-state index contributed by atoms with van der Waals surface area (Å²) in [7, 11) is 1.69. The van der Waals surface area contributed by atoms with Crippen LogP contribution in [0.15, 0.2) is 54.6 Å². The summed E-state index contributed by atoms with van der Waals surface area (Å²) in [4.78, 5) is 0. The van der Waals surface area contributed by atoms with Gasteiger partial charge in [-0.15, -0.1) is 0 Å². The van der Waals surface area contributed by atoms with Gasteiger partial charge in [-0.1, -0.05) is 48.9 Å². The molecule has 1 saturated heterocycles. The highest BCUT2D eigenvalue weighted by Gasteiger charge is 2.27. The highest BCUT2D eigenvalue weighted by Crippen LogP contribution is 2.26. The minimum Gasteiger partial charge on any atom is -0.497 e. The van der Waals surface area contributed by atoms with Gasteiger partial charge < -0.3 is 15.2 Å². The highest BCUT2D eigenvalue weighted by atomic mass is 16.5. The lowest BCUT2D eigenvalue weighted by molar-refractivity contribution is 0.0999. The molecule has 1 fully saturated rings. The lowest BCUT2D eigenvalue weighted by Gasteiger charge is -2.34. The first kappa shape index (κ1) is 17.0. The molecule has 3 heteroatoms. The number of aliphatic hydroxyl groups is 1. The van der Waals surface area contributed by atoms with Gasteiger partial charge >= 0.3 is 0 Å². The van der Waals surface area contributed by atoms with Crippen LogP contribution >= 0.6 is 0 Å². The van der Waals surface area contributed by atoms with Crippen molar-refractivity contribution in [2.75, 3.05) is 7.11 Å². The van der Waals surface area contributed by atoms with Gasteiger partial charge in [-0.3, -0.25) is 0 Å². The van der Waals surface area contributed by atoms with Crippen LogP contribution in [-0.2, 0) is 6.42 Å². The second-order valence-electron chi connectivity index (χ2n) is 6.64. The highest BCUT2D eigenvalue weighted by molar-refractivity contribution is 5.27. The largest absolute Gasteiger partial charge is 0.497 e. The van der Waals surface area contributed by atoms with Gasteiger partial charge in [-0.25, -0.2) is 0 Å². The monoisotopic (exact) mass is 325 g/mol. The fourth-order valence-electron chi connectivity index (χ4n) is 3.55. The summed E-state index contributed by atoms with van der Waals surface area (Å²) in [5.41, 5.74) is 2.34. The molecule has 0 spiro atoms. The number of hydrogen-bond acceptors (Lipinski definition) is 3. The maximum absolute atomic E-state index is 10.6. The molecule has 24 heavy (non-hydrogen) atoms. The number of piperidine rings is 1. The van der Waals surface area contributed by atoms with Gasteiger partial charge in [0.05, 0.1) is 13.2 Å². The summed E-state index contributed by atoms with van der Waals surface area (Å²) in [6, 6.07) is 18.9. The number of hydrogen-bond donors (Lipinski definition) is 2. The third kappa shape index (κ3) is 4.37. The van der Waals surface area contributed by atoms with Gasteiger partial charge in [0.1, 0.15) is 5.75 Å². The third-order valence-corrected chi connectivity index (χ3v) is 4.98. The van der Waals surface area contributed by atoms with E-state index in [9.17, 15) is 5.11 Å². The minimum absolute atomic E-state index is 0.155. The Kier molecular flexibility index (Phi) is 5.89. The molecule has 0 aromatic heterocycles. The van der Waals surface area contributed by atoms with Crippen molar-refractivity contribution in [2.45, 2.75) is 50.3 Å². The number of rotatable bonds is 6. The van der Waals surface area contributed by atoms with Crippen LogP contribution in [0.5, 0.6) is 5.75 Å². The number of benzene rings is 2. The van der Waals surface area contributed by atoms with Crippen molar-refractivity contribution in [3.63, 3.8) is 0 Å². The first-order chi connectivity index (χ1) is 11.8. The summed E-state index contributed by atoms with van der Waals surface area (Å²) >= 11 is 0. The molecule has 0 aliphatic carbocycles. The van der Waals surface area contributed by atoms with E-state index >= 15 is 0 Å². The molecule has 2 aromatic rings. The van der Waals surface area contributed by atoms with Gasteiger partial charge in [-0.2, -0.15) is 0 Å². The fourth-order valence-corrected chi connectivity index (χ4v) is 3.55. The quantitative estimate of drug-likeness (QED) is 0.847. The normalized spacial score (nSPS) is 22.1. The van der Waals surface area contributed by atoms with Crippen molar-refractivity contribution < 1.29 is 9.84 Å². The molecule has 3 unspecified atom stereocenters. The van der Waals surface area contributed by atoms with Crippen molar-refractivity contribution in [3.8, 4) is 5.75 Å². The van der Waals surface area contributed by atoms with E-state index in [2.05, 4.69) is 17.4 Å². The van der Waals surface area contributed by atoms with Crippen LogP contribution < -0.4 is 10.1 Å². The minimum atomic E-state index is -0.421. The third-order valence-electron chi connectivity index (χ3n) is 4.98. The zero-order valence-corrected chi connectivity index (χ0v) is 14.3. The number of ether oxygens (including phenoxy) is 1. The SMILES string of the molecule is COc1ccc(CCC2CCCC(C(O)c3ccccc3)N2)cc1. The number of aryl methyl sites for hydroxylation is 1. The average molecular weight is 325 g/mol. The summed E-state index contributed by atoms with van der Waals surface area (Å²) < 4.78 is 5.21. The Morgan fingerprint density at radius 1 is 1.08 bits per heavy atom. The van der Waals surface area contributed by atoms with E-state index in [0.29, 0.717) is 6.04 Å². The predicted molar refractivity (Wildman–Crippen MR) is 97.3 cm³/mol. The molecule has 2 aromatic carbocycles. The Morgan fingerprint density at radius 3 is 2.54 bits per heavy atom. The topological polar surface area (TPSA) is 41.5 Å². The first-order valence-electron chi connectivity index (χ1n) is 8.88. The van der Waals surface area contributed by atoms with E-state index < -0.39 is 6.10 Å². The molecular weight excluding hydrogens is 298 g/mol. The fraction of sp³-hybridized carbons (Fsp3) is 0.429. The molecule has 0 radical (unpaired) electrons. The standard InChI is InChI=1S/C21H27NO2/c1-24-19-14-11-16(12-15-19)10-13-18-8-5-9-20(22-18)21(23)17-6-3-2-4-7-17/h2-4,6-7,11-12,14-15,18,20-23H,5,8-10,13H2,1H3. The van der Waals surface area contributed by atoms with Crippen molar-refractivity contribution >= 4 is 0 Å². The summed E-state index contributed by atoms with van der Waals surface area (Å²) in [5, 5.41) is 14.3. The molecule has 2 N–H and O–H groups in total. The van der Waals surface area contributed by atoms with Crippen LogP contribution in [0.25, 0.3) is 0 Å². The first-order valence-corrected chi connectivity index (χ1v) is 8.88. The molecular formula is C21H27NO2. The molecule has 0 amide bonds. The van der Waals surface area contributed by atoms with Crippen LogP contribution in [0.3, 0.4) is 0 Å².